The Hall–Kier alpha value is -7.61. The lowest BCUT2D eigenvalue weighted by Gasteiger charge is -2.13. The number of nitrogens with zero attached hydrogens (tertiary/aromatic N) is 4. The summed E-state index contributed by atoms with van der Waals surface area (Å²) in [6.07, 6.45) is 9.90. The molecule has 0 saturated heterocycles. The molecule has 0 atom stereocenters. The van der Waals surface area contributed by atoms with Gasteiger partial charge in [0.05, 0.1) is 34.1 Å². The molecule has 0 unspecified atom stereocenters. The second-order valence-electron chi connectivity index (χ2n) is 13.8. The summed E-state index contributed by atoms with van der Waals surface area (Å²) in [5.74, 6) is 0. The van der Waals surface area contributed by atoms with Gasteiger partial charge in [-0.25, -0.2) is 4.98 Å². The van der Waals surface area contributed by atoms with Gasteiger partial charge in [-0.15, -0.1) is 0 Å². The number of allylic oxidation sites excluding steroid dienone is 1. The van der Waals surface area contributed by atoms with Crippen molar-refractivity contribution in [2.75, 3.05) is 0 Å². The Balaban J connectivity index is 1.01. The number of para-hydroxylation sites is 1. The first kappa shape index (κ1) is 32.1. The van der Waals surface area contributed by atoms with Crippen LogP contribution in [0.15, 0.2) is 182 Å². The Morgan fingerprint density at radius 2 is 1.29 bits per heavy atom. The third-order valence-electron chi connectivity index (χ3n) is 10.6. The molecule has 0 bridgehead atoms. The first-order chi connectivity index (χ1) is 27.2. The van der Waals surface area contributed by atoms with Crippen molar-refractivity contribution in [1.82, 2.24) is 14.5 Å². The first-order valence-electron chi connectivity index (χ1n) is 18.4. The van der Waals surface area contributed by atoms with E-state index in [1.54, 1.807) is 12.4 Å². The minimum Gasteiger partial charge on any atom is -0.309 e. The highest BCUT2D eigenvalue weighted by molar-refractivity contribution is 6.15. The van der Waals surface area contributed by atoms with Gasteiger partial charge in [-0.3, -0.25) is 4.98 Å². The fourth-order valence-electron chi connectivity index (χ4n) is 7.92. The Kier molecular flexibility index (Phi) is 7.83. The zero-order valence-electron chi connectivity index (χ0n) is 29.8. The number of rotatable bonds is 6. The molecule has 0 radical (unpaired) electrons. The maximum atomic E-state index is 9.68. The zero-order valence-corrected chi connectivity index (χ0v) is 29.8. The highest BCUT2D eigenvalue weighted by atomic mass is 15.0. The Bertz CT molecular complexity index is 3190. The maximum Gasteiger partial charge on any atom is 0.0992 e. The lowest BCUT2D eigenvalue weighted by Crippen LogP contribution is -2.01. The van der Waals surface area contributed by atoms with Crippen LogP contribution in [0.5, 0.6) is 0 Å². The highest BCUT2D eigenvalue weighted by Gasteiger charge is 2.15. The zero-order chi connectivity index (χ0) is 36.7. The summed E-state index contributed by atoms with van der Waals surface area (Å²) in [5.41, 5.74) is 11.4. The maximum absolute atomic E-state index is 9.68. The van der Waals surface area contributed by atoms with Crippen LogP contribution in [0.4, 0.5) is 0 Å². The molecule has 3 heterocycles. The number of hydrogen-bond donors (Lipinski definition) is 0. The minimum absolute atomic E-state index is 0.652. The number of hydrogen-bond acceptors (Lipinski definition) is 3. The van der Waals surface area contributed by atoms with Crippen LogP contribution < -0.4 is 5.22 Å². The fraction of sp³-hybridized carbons (Fsp3) is 0. The van der Waals surface area contributed by atoms with Gasteiger partial charge < -0.3 is 4.57 Å². The van der Waals surface area contributed by atoms with Crippen LogP contribution in [0.2, 0.25) is 0 Å². The average molecular weight is 701 g/mol. The Morgan fingerprint density at radius 1 is 0.545 bits per heavy atom. The predicted molar refractivity (Wildman–Crippen MR) is 228 cm³/mol. The second kappa shape index (κ2) is 13.4. The van der Waals surface area contributed by atoms with Crippen molar-refractivity contribution >= 4 is 55.5 Å². The average Bonchev–Trinajstić information content (AvgIpc) is 3.58. The van der Waals surface area contributed by atoms with Crippen LogP contribution in [-0.4, -0.2) is 14.5 Å². The molecule has 0 N–H and O–H groups in total. The lowest BCUT2D eigenvalue weighted by atomic mass is 9.91. The number of benzene rings is 7. The van der Waals surface area contributed by atoms with Gasteiger partial charge in [0.1, 0.15) is 0 Å². The van der Waals surface area contributed by atoms with Gasteiger partial charge in [0, 0.05) is 34.4 Å². The van der Waals surface area contributed by atoms with E-state index >= 15 is 0 Å². The summed E-state index contributed by atoms with van der Waals surface area (Å²) in [6, 6.07) is 59.8. The minimum atomic E-state index is 0.652. The molecule has 0 aliphatic rings. The first-order valence-corrected chi connectivity index (χ1v) is 18.4. The molecule has 7 aromatic carbocycles. The van der Waals surface area contributed by atoms with E-state index in [0.29, 0.717) is 5.56 Å². The summed E-state index contributed by atoms with van der Waals surface area (Å²) < 4.78 is 2.27. The van der Waals surface area contributed by atoms with E-state index in [0.717, 1.165) is 55.6 Å². The van der Waals surface area contributed by atoms with Crippen molar-refractivity contribution in [3.8, 4) is 45.3 Å². The van der Waals surface area contributed by atoms with Crippen LogP contribution in [-0.2, 0) is 0 Å². The predicted octanol–water partition coefficient (Wildman–Crippen LogP) is 12.0. The van der Waals surface area contributed by atoms with E-state index < -0.39 is 0 Å². The van der Waals surface area contributed by atoms with Crippen molar-refractivity contribution in [3.63, 3.8) is 0 Å². The van der Waals surface area contributed by atoms with Crippen molar-refractivity contribution in [2.24, 2.45) is 0 Å². The summed E-state index contributed by atoms with van der Waals surface area (Å²) in [5, 5.41) is 18.1. The lowest BCUT2D eigenvalue weighted by molar-refractivity contribution is 1.18. The molecule has 0 aliphatic heterocycles. The molecule has 0 saturated carbocycles. The molecule has 3 aromatic heterocycles. The third-order valence-corrected chi connectivity index (χ3v) is 10.6. The van der Waals surface area contributed by atoms with E-state index in [1.165, 1.54) is 37.9 Å². The molecule has 0 aliphatic carbocycles. The molecule has 4 nitrogen and oxygen atoms in total. The molecule has 0 spiro atoms. The molecule has 10 aromatic rings. The fourth-order valence-corrected chi connectivity index (χ4v) is 7.92. The van der Waals surface area contributed by atoms with E-state index in [2.05, 4.69) is 149 Å². The van der Waals surface area contributed by atoms with Gasteiger partial charge in [-0.1, -0.05) is 121 Å². The monoisotopic (exact) mass is 700 g/mol. The smallest absolute Gasteiger partial charge is 0.0992 e. The van der Waals surface area contributed by atoms with Crippen molar-refractivity contribution in [1.29, 1.82) is 5.26 Å². The van der Waals surface area contributed by atoms with Crippen LogP contribution in [0.1, 0.15) is 11.3 Å². The molecule has 4 heteroatoms. The SMILES string of the molecule is N#Cc1ccc2c3ccc(-c4ccc(-c5ccc6cccc7c(=CC=Cc8cccc(-c9ccncc9)n8)ccc5c67)cc4)cc3n(-c3ccccc3)c2c1. The van der Waals surface area contributed by atoms with Crippen molar-refractivity contribution in [3.05, 3.63) is 199 Å². The van der Waals surface area contributed by atoms with E-state index in [4.69, 9.17) is 4.98 Å². The summed E-state index contributed by atoms with van der Waals surface area (Å²) in [7, 11) is 0. The normalized spacial score (nSPS) is 12.0. The number of fused-ring (bicyclic) bond motifs is 3. The second-order valence-corrected chi connectivity index (χ2v) is 13.8. The van der Waals surface area contributed by atoms with Crippen molar-refractivity contribution in [2.45, 2.75) is 0 Å². The number of pyridine rings is 2. The van der Waals surface area contributed by atoms with Gasteiger partial charge in [0.2, 0.25) is 0 Å². The van der Waals surface area contributed by atoms with Crippen LogP contribution in [0, 0.1) is 11.3 Å². The standard InChI is InChI=1S/C51H32N4/c52-33-34-15-23-45-46-25-22-40(32-50(46)55(49(45)31-34)42-11-2-1-3-12-42)35-16-18-37(19-17-35)43-24-21-39-8-5-13-44-36(20-26-47(43)51(39)44)7-4-9-41-10-6-14-48(54-41)38-27-29-53-30-28-38/h1-32H. The molecule has 0 amide bonds. The van der Waals surface area contributed by atoms with Gasteiger partial charge in [-0.05, 0) is 110 Å². The molecular formula is C51H32N4. The van der Waals surface area contributed by atoms with Gasteiger partial charge in [0.25, 0.3) is 0 Å². The number of nitriles is 1. The highest BCUT2D eigenvalue weighted by Crippen LogP contribution is 2.37. The molecule has 55 heavy (non-hydrogen) atoms. The topological polar surface area (TPSA) is 54.5 Å². The quantitative estimate of drug-likeness (QED) is 0.173. The van der Waals surface area contributed by atoms with E-state index in [1.807, 2.05) is 48.5 Å². The molecule has 256 valence electrons. The van der Waals surface area contributed by atoms with E-state index in [9.17, 15) is 5.26 Å². The van der Waals surface area contributed by atoms with Crippen LogP contribution in [0.25, 0.3) is 94.7 Å². The molecular weight excluding hydrogens is 669 g/mol. The molecule has 10 rings (SSSR count). The summed E-state index contributed by atoms with van der Waals surface area (Å²) in [4.78, 5) is 8.97. The van der Waals surface area contributed by atoms with Crippen molar-refractivity contribution < 1.29 is 0 Å². The van der Waals surface area contributed by atoms with Crippen LogP contribution in [0.3, 0.4) is 0 Å². The van der Waals surface area contributed by atoms with E-state index in [-0.39, 0.29) is 0 Å². The molecule has 0 fully saturated rings. The van der Waals surface area contributed by atoms with Crippen LogP contribution >= 0.6 is 0 Å². The largest absolute Gasteiger partial charge is 0.309 e. The Labute approximate surface area is 318 Å². The number of aromatic nitrogens is 3. The van der Waals surface area contributed by atoms with Gasteiger partial charge in [0.15, 0.2) is 0 Å². The van der Waals surface area contributed by atoms with Gasteiger partial charge >= 0.3 is 0 Å². The summed E-state index contributed by atoms with van der Waals surface area (Å²) in [6.45, 7) is 0. The summed E-state index contributed by atoms with van der Waals surface area (Å²) >= 11 is 0. The third kappa shape index (κ3) is 5.72. The van der Waals surface area contributed by atoms with Gasteiger partial charge in [-0.2, -0.15) is 5.26 Å². The Morgan fingerprint density at radius 3 is 2.13 bits per heavy atom.